The lowest BCUT2D eigenvalue weighted by atomic mass is 10.1. The number of hydrogen-bond acceptors (Lipinski definition) is 5. The molecule has 132 valence electrons. The first-order valence-electron chi connectivity index (χ1n) is 8.26. The Hall–Kier alpha value is -2.86. The first-order chi connectivity index (χ1) is 12.7. The van der Waals surface area contributed by atoms with Crippen molar-refractivity contribution in [2.45, 2.75) is 25.5 Å². The maximum atomic E-state index is 12.4. The van der Waals surface area contributed by atoms with Crippen molar-refractivity contribution < 1.29 is 14.1 Å². The fraction of sp³-hybridized carbons (Fsp3) is 0.211. The Balaban J connectivity index is 1.38. The highest BCUT2D eigenvalue weighted by molar-refractivity contribution is 6.30. The zero-order valence-corrected chi connectivity index (χ0v) is 14.6. The molecule has 1 aliphatic carbocycles. The molecule has 1 N–H and O–H groups in total. The zero-order chi connectivity index (χ0) is 17.9. The van der Waals surface area contributed by atoms with E-state index in [4.69, 9.17) is 20.9 Å². The highest BCUT2D eigenvalue weighted by Crippen LogP contribution is 2.30. The van der Waals surface area contributed by atoms with Gasteiger partial charge in [0.25, 0.3) is 5.91 Å². The summed E-state index contributed by atoms with van der Waals surface area (Å²) in [7, 11) is 0. The van der Waals surface area contributed by atoms with Crippen LogP contribution >= 0.6 is 11.6 Å². The lowest BCUT2D eigenvalue weighted by Crippen LogP contribution is -2.27. The molecule has 1 atom stereocenters. The maximum Gasteiger partial charge on any atom is 0.273 e. The molecule has 4 rings (SSSR count). The summed E-state index contributed by atoms with van der Waals surface area (Å²) in [4.78, 5) is 16.4. The second-order valence-corrected chi connectivity index (χ2v) is 6.51. The van der Waals surface area contributed by atoms with Crippen LogP contribution in [0.1, 0.15) is 39.8 Å². The molecule has 2 aromatic heterocycles. The Morgan fingerprint density at radius 2 is 2.19 bits per heavy atom. The first-order valence-corrected chi connectivity index (χ1v) is 8.64. The van der Waals surface area contributed by atoms with Gasteiger partial charge in [0.2, 0.25) is 0 Å². The molecule has 7 heteroatoms. The Kier molecular flexibility index (Phi) is 4.58. The van der Waals surface area contributed by atoms with Gasteiger partial charge in [-0.1, -0.05) is 41.0 Å². The maximum absolute atomic E-state index is 12.4. The predicted molar refractivity (Wildman–Crippen MR) is 95.1 cm³/mol. The molecule has 0 saturated heterocycles. The number of carbonyl (C=O) groups excluding carboxylic acids is 1. The number of benzene rings is 1. The van der Waals surface area contributed by atoms with Gasteiger partial charge in [-0.05, 0) is 24.0 Å². The number of aryl methyl sites for hydroxylation is 1. The summed E-state index contributed by atoms with van der Waals surface area (Å²) in [5.41, 5.74) is 2.68. The molecule has 0 unspecified atom stereocenters. The molecule has 26 heavy (non-hydrogen) atoms. The third-order valence-electron chi connectivity index (χ3n) is 4.29. The SMILES string of the molecule is O=C(N[C@@H]1CCc2ccccc21)c1cc(COc2cncc(Cl)c2)on1. The van der Waals surface area contributed by atoms with Crippen molar-refractivity contribution >= 4 is 17.5 Å². The Morgan fingerprint density at radius 1 is 1.31 bits per heavy atom. The summed E-state index contributed by atoms with van der Waals surface area (Å²) < 4.78 is 10.7. The summed E-state index contributed by atoms with van der Waals surface area (Å²) in [6, 6.07) is 11.4. The van der Waals surface area contributed by atoms with Gasteiger partial charge in [0.15, 0.2) is 11.5 Å². The van der Waals surface area contributed by atoms with E-state index < -0.39 is 0 Å². The minimum atomic E-state index is -0.258. The van der Waals surface area contributed by atoms with Gasteiger partial charge < -0.3 is 14.6 Å². The van der Waals surface area contributed by atoms with Crippen molar-refractivity contribution in [3.63, 3.8) is 0 Å². The Labute approximate surface area is 155 Å². The van der Waals surface area contributed by atoms with Crippen molar-refractivity contribution in [1.82, 2.24) is 15.5 Å². The summed E-state index contributed by atoms with van der Waals surface area (Å²) in [5.74, 6) is 0.704. The topological polar surface area (TPSA) is 77.2 Å². The van der Waals surface area contributed by atoms with Gasteiger partial charge in [-0.25, -0.2) is 0 Å². The molecule has 1 aliphatic rings. The molecule has 0 bridgehead atoms. The van der Waals surface area contributed by atoms with E-state index in [-0.39, 0.29) is 24.2 Å². The van der Waals surface area contributed by atoms with E-state index in [0.717, 1.165) is 12.8 Å². The number of ether oxygens (including phenoxy) is 1. The number of carbonyl (C=O) groups is 1. The van der Waals surface area contributed by atoms with E-state index in [1.165, 1.54) is 17.3 Å². The normalized spacial score (nSPS) is 15.5. The molecule has 2 heterocycles. The standard InChI is InChI=1S/C19H16ClN3O3/c20-13-7-14(10-21-9-13)25-11-15-8-18(23-26-15)19(24)22-17-6-5-12-3-1-2-4-16(12)17/h1-4,7-10,17H,5-6,11H2,(H,22,24)/t17-/m1/s1. The monoisotopic (exact) mass is 369 g/mol. The van der Waals surface area contributed by atoms with E-state index in [0.29, 0.717) is 16.5 Å². The number of aromatic nitrogens is 2. The van der Waals surface area contributed by atoms with Gasteiger partial charge in [-0.15, -0.1) is 0 Å². The average molecular weight is 370 g/mol. The second kappa shape index (κ2) is 7.17. The highest BCUT2D eigenvalue weighted by Gasteiger charge is 2.25. The van der Waals surface area contributed by atoms with E-state index in [1.807, 2.05) is 18.2 Å². The lowest BCUT2D eigenvalue weighted by Gasteiger charge is -2.12. The average Bonchev–Trinajstić information content (AvgIpc) is 3.28. The number of nitrogens with one attached hydrogen (secondary N) is 1. The highest BCUT2D eigenvalue weighted by atomic mass is 35.5. The van der Waals surface area contributed by atoms with Gasteiger partial charge in [-0.3, -0.25) is 9.78 Å². The van der Waals surface area contributed by atoms with Gasteiger partial charge >= 0.3 is 0 Å². The van der Waals surface area contributed by atoms with Crippen LogP contribution in [0.5, 0.6) is 5.75 Å². The molecule has 0 saturated carbocycles. The predicted octanol–water partition coefficient (Wildman–Crippen LogP) is 3.72. The van der Waals surface area contributed by atoms with Gasteiger partial charge in [-0.2, -0.15) is 0 Å². The quantitative estimate of drug-likeness (QED) is 0.741. The van der Waals surface area contributed by atoms with Crippen LogP contribution in [0.2, 0.25) is 5.02 Å². The number of hydrogen-bond donors (Lipinski definition) is 1. The van der Waals surface area contributed by atoms with E-state index >= 15 is 0 Å². The molecular weight excluding hydrogens is 354 g/mol. The smallest absolute Gasteiger partial charge is 0.273 e. The van der Waals surface area contributed by atoms with Crippen LogP contribution in [0.4, 0.5) is 0 Å². The minimum absolute atomic E-state index is 0.00707. The fourth-order valence-corrected chi connectivity index (χ4v) is 3.22. The Bertz CT molecular complexity index is 941. The fourth-order valence-electron chi connectivity index (χ4n) is 3.05. The molecule has 1 amide bonds. The summed E-state index contributed by atoms with van der Waals surface area (Å²) >= 11 is 5.86. The van der Waals surface area contributed by atoms with E-state index in [1.54, 1.807) is 18.3 Å². The Morgan fingerprint density at radius 3 is 3.08 bits per heavy atom. The van der Waals surface area contributed by atoms with Crippen molar-refractivity contribution in [3.8, 4) is 5.75 Å². The number of nitrogens with zero attached hydrogens (tertiary/aromatic N) is 2. The first kappa shape index (κ1) is 16.6. The van der Waals surface area contributed by atoms with Crippen LogP contribution in [0.25, 0.3) is 0 Å². The number of fused-ring (bicyclic) bond motifs is 1. The summed E-state index contributed by atoms with van der Waals surface area (Å²) in [6.07, 6.45) is 4.92. The van der Waals surface area contributed by atoms with Crippen LogP contribution < -0.4 is 10.1 Å². The molecule has 1 aromatic carbocycles. The zero-order valence-electron chi connectivity index (χ0n) is 13.8. The van der Waals surface area contributed by atoms with E-state index in [2.05, 4.69) is 21.5 Å². The van der Waals surface area contributed by atoms with Crippen LogP contribution in [0.3, 0.4) is 0 Å². The molecule has 6 nitrogen and oxygen atoms in total. The van der Waals surface area contributed by atoms with Crippen LogP contribution in [-0.4, -0.2) is 16.0 Å². The third kappa shape index (κ3) is 3.55. The molecule has 3 aromatic rings. The van der Waals surface area contributed by atoms with Gasteiger partial charge in [0.1, 0.15) is 12.4 Å². The number of halogens is 1. The number of amides is 1. The van der Waals surface area contributed by atoms with Crippen molar-refractivity contribution in [1.29, 1.82) is 0 Å². The van der Waals surface area contributed by atoms with Crippen molar-refractivity contribution in [2.24, 2.45) is 0 Å². The molecule has 0 radical (unpaired) electrons. The largest absolute Gasteiger partial charge is 0.484 e. The molecule has 0 aliphatic heterocycles. The number of pyridine rings is 1. The van der Waals surface area contributed by atoms with Gasteiger partial charge in [0.05, 0.1) is 17.3 Å². The molecule has 0 fully saturated rings. The van der Waals surface area contributed by atoms with Crippen molar-refractivity contribution in [2.75, 3.05) is 0 Å². The minimum Gasteiger partial charge on any atom is -0.484 e. The molecule has 0 spiro atoms. The summed E-state index contributed by atoms with van der Waals surface area (Å²) in [5, 5.41) is 7.33. The van der Waals surface area contributed by atoms with Crippen LogP contribution in [0.15, 0.2) is 53.3 Å². The van der Waals surface area contributed by atoms with Crippen LogP contribution in [-0.2, 0) is 13.0 Å². The van der Waals surface area contributed by atoms with Crippen molar-refractivity contribution in [3.05, 3.63) is 76.4 Å². The van der Waals surface area contributed by atoms with Crippen LogP contribution in [0, 0.1) is 0 Å². The lowest BCUT2D eigenvalue weighted by molar-refractivity contribution is 0.0927. The second-order valence-electron chi connectivity index (χ2n) is 6.07. The molecular formula is C19H16ClN3O3. The van der Waals surface area contributed by atoms with E-state index in [9.17, 15) is 4.79 Å². The summed E-state index contributed by atoms with van der Waals surface area (Å²) in [6.45, 7) is 0.133. The van der Waals surface area contributed by atoms with Gasteiger partial charge in [0, 0.05) is 18.3 Å². The third-order valence-corrected chi connectivity index (χ3v) is 4.50. The number of rotatable bonds is 5.